The Morgan fingerprint density at radius 3 is 2.38 bits per heavy atom. The minimum absolute atomic E-state index is 0.100. The zero-order chi connectivity index (χ0) is 20.1. The number of rotatable bonds is 7. The fraction of sp³-hybridized carbons (Fsp3) is 0.417. The van der Waals surface area contributed by atoms with Crippen LogP contribution in [0.3, 0.4) is 0 Å². The first-order chi connectivity index (χ1) is 14.2. The maximum Gasteiger partial charge on any atom is 0.329 e. The van der Waals surface area contributed by atoms with Crippen LogP contribution in [-0.4, -0.2) is 30.0 Å². The molecule has 2 aromatic rings. The molecule has 0 aromatic heterocycles. The number of hydrogen-bond donors (Lipinski definition) is 2. The first-order valence-electron chi connectivity index (χ1n) is 10.5. The molecule has 0 unspecified atom stereocenters. The maximum absolute atomic E-state index is 12.9. The Kier molecular flexibility index (Phi) is 6.25. The van der Waals surface area contributed by atoms with Gasteiger partial charge in [-0.25, -0.2) is 4.79 Å². The third-order valence-electron chi connectivity index (χ3n) is 6.04. The molecular weight excluding hydrogens is 364 g/mol. The van der Waals surface area contributed by atoms with Gasteiger partial charge in [0.15, 0.2) is 0 Å². The van der Waals surface area contributed by atoms with E-state index in [0.717, 1.165) is 24.0 Å². The standard InChI is InChI=1S/C24H28N2O3/c27-23(21-15-19-12-7-13-20(19)25-21)26-22(14-17-8-3-1-4-9-17)24(28)29-16-18-10-5-2-6-11-18/h1-6,8-11,19-22,25H,7,12-16H2,(H,26,27)/t19-,20-,21-,22-/m0/s1. The summed E-state index contributed by atoms with van der Waals surface area (Å²) >= 11 is 0. The van der Waals surface area contributed by atoms with E-state index in [4.69, 9.17) is 4.74 Å². The number of hydrogen-bond acceptors (Lipinski definition) is 4. The van der Waals surface area contributed by atoms with Crippen molar-refractivity contribution in [3.63, 3.8) is 0 Å². The Bertz CT molecular complexity index is 813. The normalized spacial score (nSPS) is 23.9. The molecule has 1 saturated carbocycles. The number of nitrogens with one attached hydrogen (secondary N) is 2. The van der Waals surface area contributed by atoms with E-state index in [2.05, 4.69) is 10.6 Å². The van der Waals surface area contributed by atoms with Gasteiger partial charge in [-0.05, 0) is 36.3 Å². The van der Waals surface area contributed by atoms with Crippen LogP contribution in [0.1, 0.15) is 36.8 Å². The van der Waals surface area contributed by atoms with Gasteiger partial charge >= 0.3 is 5.97 Å². The molecule has 0 radical (unpaired) electrons. The van der Waals surface area contributed by atoms with Gasteiger partial charge in [0.1, 0.15) is 12.6 Å². The van der Waals surface area contributed by atoms with Crippen LogP contribution in [0.2, 0.25) is 0 Å². The average Bonchev–Trinajstić information content (AvgIpc) is 3.35. The lowest BCUT2D eigenvalue weighted by atomic mass is 10.0. The number of ether oxygens (including phenoxy) is 1. The predicted octanol–water partition coefficient (Wildman–Crippen LogP) is 2.99. The van der Waals surface area contributed by atoms with Crippen molar-refractivity contribution in [3.05, 3.63) is 71.8 Å². The minimum Gasteiger partial charge on any atom is -0.459 e. The quantitative estimate of drug-likeness (QED) is 0.711. The molecule has 0 bridgehead atoms. The zero-order valence-corrected chi connectivity index (χ0v) is 16.6. The van der Waals surface area contributed by atoms with Crippen LogP contribution in [0.15, 0.2) is 60.7 Å². The second-order valence-corrected chi connectivity index (χ2v) is 8.10. The molecule has 0 spiro atoms. The van der Waals surface area contributed by atoms with E-state index < -0.39 is 12.0 Å². The Hall–Kier alpha value is -2.66. The van der Waals surface area contributed by atoms with Gasteiger partial charge in [0.05, 0.1) is 6.04 Å². The van der Waals surface area contributed by atoms with Crippen molar-refractivity contribution in [3.8, 4) is 0 Å². The van der Waals surface area contributed by atoms with Crippen LogP contribution in [0.25, 0.3) is 0 Å². The number of carbonyl (C=O) groups is 2. The van der Waals surface area contributed by atoms with Gasteiger partial charge in [0.2, 0.25) is 5.91 Å². The Morgan fingerprint density at radius 1 is 1.00 bits per heavy atom. The van der Waals surface area contributed by atoms with Crippen molar-refractivity contribution in [1.29, 1.82) is 0 Å². The van der Waals surface area contributed by atoms with E-state index in [1.807, 2.05) is 60.7 Å². The summed E-state index contributed by atoms with van der Waals surface area (Å²) in [7, 11) is 0. The fourth-order valence-corrected chi connectivity index (χ4v) is 4.49. The molecule has 4 atom stereocenters. The lowest BCUT2D eigenvalue weighted by Gasteiger charge is -2.21. The number of benzene rings is 2. The average molecular weight is 392 g/mol. The number of esters is 1. The van der Waals surface area contributed by atoms with Gasteiger partial charge in [-0.2, -0.15) is 0 Å². The zero-order valence-electron chi connectivity index (χ0n) is 16.6. The van der Waals surface area contributed by atoms with Gasteiger partial charge in [0.25, 0.3) is 0 Å². The lowest BCUT2D eigenvalue weighted by Crippen LogP contribution is -2.50. The largest absolute Gasteiger partial charge is 0.459 e. The molecule has 1 aliphatic heterocycles. The first kappa shape index (κ1) is 19.6. The van der Waals surface area contributed by atoms with E-state index in [0.29, 0.717) is 18.4 Å². The van der Waals surface area contributed by atoms with E-state index in [-0.39, 0.29) is 18.6 Å². The SMILES string of the molecule is O=C(N[C@@H](Cc1ccccc1)C(=O)OCc1ccccc1)[C@@H]1C[C@@H]2CCC[C@@H]2N1. The lowest BCUT2D eigenvalue weighted by molar-refractivity contribution is -0.149. The summed E-state index contributed by atoms with van der Waals surface area (Å²) in [5.41, 5.74) is 1.92. The number of fused-ring (bicyclic) bond motifs is 1. The van der Waals surface area contributed by atoms with Crippen molar-refractivity contribution in [2.24, 2.45) is 5.92 Å². The Morgan fingerprint density at radius 2 is 1.69 bits per heavy atom. The van der Waals surface area contributed by atoms with Crippen LogP contribution in [0.5, 0.6) is 0 Å². The molecular formula is C24H28N2O3. The second-order valence-electron chi connectivity index (χ2n) is 8.10. The fourth-order valence-electron chi connectivity index (χ4n) is 4.49. The predicted molar refractivity (Wildman–Crippen MR) is 111 cm³/mol. The number of carbonyl (C=O) groups excluding carboxylic acids is 2. The van der Waals surface area contributed by atoms with Crippen LogP contribution in [-0.2, 0) is 27.4 Å². The van der Waals surface area contributed by atoms with E-state index in [1.54, 1.807) is 0 Å². The summed E-state index contributed by atoms with van der Waals surface area (Å²) < 4.78 is 5.53. The van der Waals surface area contributed by atoms with Gasteiger partial charge in [-0.1, -0.05) is 67.1 Å². The summed E-state index contributed by atoms with van der Waals surface area (Å²) in [5.74, 6) is 0.0876. The minimum atomic E-state index is -0.698. The van der Waals surface area contributed by atoms with Crippen molar-refractivity contribution < 1.29 is 14.3 Å². The molecule has 1 saturated heterocycles. The molecule has 152 valence electrons. The smallest absolute Gasteiger partial charge is 0.329 e. The van der Waals surface area contributed by atoms with Crippen molar-refractivity contribution >= 4 is 11.9 Å². The van der Waals surface area contributed by atoms with Gasteiger partial charge in [-0.15, -0.1) is 0 Å². The molecule has 4 rings (SSSR count). The molecule has 2 aromatic carbocycles. The molecule has 1 aliphatic carbocycles. The Labute approximate surface area is 171 Å². The van der Waals surface area contributed by atoms with Crippen LogP contribution in [0.4, 0.5) is 0 Å². The molecule has 2 aliphatic rings. The molecule has 1 amide bonds. The van der Waals surface area contributed by atoms with Gasteiger partial charge in [-0.3, -0.25) is 4.79 Å². The van der Waals surface area contributed by atoms with Crippen molar-refractivity contribution in [1.82, 2.24) is 10.6 Å². The van der Waals surface area contributed by atoms with Crippen molar-refractivity contribution in [2.75, 3.05) is 0 Å². The third-order valence-corrected chi connectivity index (χ3v) is 6.04. The van der Waals surface area contributed by atoms with Gasteiger partial charge < -0.3 is 15.4 Å². The number of amides is 1. The molecule has 1 heterocycles. The molecule has 2 N–H and O–H groups in total. The van der Waals surface area contributed by atoms with Crippen LogP contribution < -0.4 is 10.6 Å². The molecule has 29 heavy (non-hydrogen) atoms. The molecule has 5 heteroatoms. The van der Waals surface area contributed by atoms with E-state index in [9.17, 15) is 9.59 Å². The highest BCUT2D eigenvalue weighted by Gasteiger charge is 2.40. The van der Waals surface area contributed by atoms with Crippen LogP contribution in [0, 0.1) is 5.92 Å². The highest BCUT2D eigenvalue weighted by Crippen LogP contribution is 2.34. The van der Waals surface area contributed by atoms with Gasteiger partial charge in [0, 0.05) is 12.5 Å². The van der Waals surface area contributed by atoms with Crippen molar-refractivity contribution in [2.45, 2.75) is 56.8 Å². The van der Waals surface area contributed by atoms with E-state index >= 15 is 0 Å². The topological polar surface area (TPSA) is 67.4 Å². The second kappa shape index (κ2) is 9.23. The first-order valence-corrected chi connectivity index (χ1v) is 10.5. The molecule has 2 fully saturated rings. The molecule has 5 nitrogen and oxygen atoms in total. The third kappa shape index (κ3) is 5.04. The summed E-state index contributed by atoms with van der Waals surface area (Å²) in [6, 6.07) is 18.8. The highest BCUT2D eigenvalue weighted by molar-refractivity contribution is 5.88. The maximum atomic E-state index is 12.9. The van der Waals surface area contributed by atoms with Crippen LogP contribution >= 0.6 is 0 Å². The monoisotopic (exact) mass is 392 g/mol. The summed E-state index contributed by atoms with van der Waals surface area (Å²) in [6.45, 7) is 0.201. The summed E-state index contributed by atoms with van der Waals surface area (Å²) in [5, 5.41) is 6.41. The summed E-state index contributed by atoms with van der Waals surface area (Å²) in [6.07, 6.45) is 4.83. The Balaban J connectivity index is 1.40. The van der Waals surface area contributed by atoms with E-state index in [1.165, 1.54) is 12.8 Å². The summed E-state index contributed by atoms with van der Waals surface area (Å²) in [4.78, 5) is 25.7. The highest BCUT2D eigenvalue weighted by atomic mass is 16.5.